The van der Waals surface area contributed by atoms with E-state index < -0.39 is 17.4 Å². The van der Waals surface area contributed by atoms with Crippen molar-refractivity contribution in [1.29, 1.82) is 0 Å². The Morgan fingerprint density at radius 3 is 2.53 bits per heavy atom. The third-order valence-corrected chi connectivity index (χ3v) is 5.84. The number of rotatable bonds is 6. The number of amides is 2. The molecule has 0 aliphatic heterocycles. The molecule has 2 amide bonds. The quantitative estimate of drug-likeness (QED) is 0.573. The highest BCUT2D eigenvalue weighted by Gasteiger charge is 2.35. The van der Waals surface area contributed by atoms with Gasteiger partial charge in [-0.05, 0) is 49.1 Å². The Morgan fingerprint density at radius 2 is 1.84 bits per heavy atom. The molecule has 0 saturated heterocycles. The number of methoxy groups -OCH3 is 1. The van der Waals surface area contributed by atoms with Gasteiger partial charge in [0.25, 0.3) is 0 Å². The van der Waals surface area contributed by atoms with E-state index in [1.165, 1.54) is 13.5 Å². The van der Waals surface area contributed by atoms with Gasteiger partial charge in [-0.3, -0.25) is 14.6 Å². The first-order valence-electron chi connectivity index (χ1n) is 10.7. The molecule has 4 rings (SSSR count). The Hall–Kier alpha value is -3.68. The fraction of sp³-hybridized carbons (Fsp3) is 0.333. The van der Waals surface area contributed by atoms with E-state index in [0.717, 1.165) is 37.7 Å². The molecule has 1 aromatic carbocycles. The highest BCUT2D eigenvalue weighted by molar-refractivity contribution is 6.39. The lowest BCUT2D eigenvalue weighted by atomic mass is 9.77. The average molecular weight is 434 g/mol. The zero-order chi connectivity index (χ0) is 22.4. The summed E-state index contributed by atoms with van der Waals surface area (Å²) >= 11 is 0. The molecule has 0 bridgehead atoms. The van der Waals surface area contributed by atoms with Crippen LogP contribution < -0.4 is 15.4 Å². The number of nitrogens with zero attached hydrogens (tertiary/aromatic N) is 2. The van der Waals surface area contributed by atoms with E-state index in [0.29, 0.717) is 29.2 Å². The largest absolute Gasteiger partial charge is 0.496 e. The summed E-state index contributed by atoms with van der Waals surface area (Å²) in [6.45, 7) is 0. The number of ether oxygens (including phenoxy) is 1. The van der Waals surface area contributed by atoms with Gasteiger partial charge in [0, 0.05) is 29.7 Å². The molecular formula is C24H26N4O4. The fourth-order valence-corrected chi connectivity index (χ4v) is 4.27. The minimum Gasteiger partial charge on any atom is -0.496 e. The van der Waals surface area contributed by atoms with Gasteiger partial charge in [-0.1, -0.05) is 19.3 Å². The van der Waals surface area contributed by atoms with Crippen LogP contribution in [0.25, 0.3) is 11.3 Å². The second-order valence-corrected chi connectivity index (χ2v) is 8.06. The number of carbonyl (C=O) groups excluding carboxylic acids is 2. The van der Waals surface area contributed by atoms with E-state index in [-0.39, 0.29) is 0 Å². The highest BCUT2D eigenvalue weighted by atomic mass is 16.5. The number of hydrogen-bond acceptors (Lipinski definition) is 6. The molecular weight excluding hydrogens is 408 g/mol. The summed E-state index contributed by atoms with van der Waals surface area (Å²) in [7, 11) is 1.53. The maximum absolute atomic E-state index is 12.8. The number of aromatic nitrogens is 2. The van der Waals surface area contributed by atoms with Gasteiger partial charge in [-0.25, -0.2) is 4.98 Å². The summed E-state index contributed by atoms with van der Waals surface area (Å²) in [5.41, 5.74) is 1.82. The van der Waals surface area contributed by atoms with Gasteiger partial charge >= 0.3 is 11.8 Å². The van der Waals surface area contributed by atoms with Crippen LogP contribution in [-0.4, -0.2) is 34.4 Å². The van der Waals surface area contributed by atoms with Crippen molar-refractivity contribution in [3.63, 3.8) is 0 Å². The number of carbonyl (C=O) groups is 2. The maximum atomic E-state index is 12.8. The van der Waals surface area contributed by atoms with E-state index in [4.69, 9.17) is 9.15 Å². The lowest BCUT2D eigenvalue weighted by Crippen LogP contribution is -2.54. The number of nitrogens with one attached hydrogen (secondary N) is 2. The lowest BCUT2D eigenvalue weighted by molar-refractivity contribution is -0.137. The molecule has 0 unspecified atom stereocenters. The van der Waals surface area contributed by atoms with Crippen LogP contribution in [0.5, 0.6) is 5.75 Å². The van der Waals surface area contributed by atoms with Crippen LogP contribution in [0, 0.1) is 0 Å². The zero-order valence-corrected chi connectivity index (χ0v) is 18.0. The molecule has 3 aromatic rings. The van der Waals surface area contributed by atoms with E-state index in [1.807, 2.05) is 12.1 Å². The Kier molecular flexibility index (Phi) is 6.49. The smallest absolute Gasteiger partial charge is 0.313 e. The van der Waals surface area contributed by atoms with Crippen molar-refractivity contribution in [2.75, 3.05) is 12.4 Å². The molecule has 32 heavy (non-hydrogen) atoms. The molecule has 166 valence electrons. The van der Waals surface area contributed by atoms with Crippen molar-refractivity contribution in [2.24, 2.45) is 0 Å². The van der Waals surface area contributed by atoms with E-state index in [9.17, 15) is 9.59 Å². The van der Waals surface area contributed by atoms with Crippen molar-refractivity contribution in [1.82, 2.24) is 15.3 Å². The standard InChI is InChI=1S/C24H26N4O4/c1-31-20-13-18(5-6-19(20)21-15-26-16-32-21)27-22(29)23(30)28-24(9-3-2-4-10-24)14-17-7-11-25-12-8-17/h5-8,11-13,15-16H,2-4,9-10,14H2,1H3,(H,27,29)(H,28,30). The van der Waals surface area contributed by atoms with Crippen molar-refractivity contribution >= 4 is 17.5 Å². The SMILES string of the molecule is COc1cc(NC(=O)C(=O)NC2(Cc3ccncc3)CCCCC2)ccc1-c1cnco1. The number of pyridine rings is 1. The van der Waals surface area contributed by atoms with Gasteiger partial charge < -0.3 is 19.8 Å². The van der Waals surface area contributed by atoms with Gasteiger partial charge in [0.05, 0.1) is 18.9 Å². The highest BCUT2D eigenvalue weighted by Crippen LogP contribution is 2.33. The van der Waals surface area contributed by atoms with Crippen molar-refractivity contribution in [3.05, 3.63) is 60.9 Å². The molecule has 8 nitrogen and oxygen atoms in total. The summed E-state index contributed by atoms with van der Waals surface area (Å²) in [6, 6.07) is 8.99. The predicted octanol–water partition coefficient (Wildman–Crippen LogP) is 3.75. The molecule has 0 spiro atoms. The second-order valence-electron chi connectivity index (χ2n) is 8.06. The third-order valence-electron chi connectivity index (χ3n) is 5.84. The topological polar surface area (TPSA) is 106 Å². The van der Waals surface area contributed by atoms with Gasteiger partial charge in [-0.15, -0.1) is 0 Å². The van der Waals surface area contributed by atoms with Crippen LogP contribution in [0.2, 0.25) is 0 Å². The molecule has 1 aliphatic rings. The Morgan fingerprint density at radius 1 is 1.06 bits per heavy atom. The maximum Gasteiger partial charge on any atom is 0.313 e. The van der Waals surface area contributed by atoms with Gasteiger partial charge in [-0.2, -0.15) is 0 Å². The van der Waals surface area contributed by atoms with E-state index in [1.54, 1.807) is 36.8 Å². The number of oxazole rings is 1. The van der Waals surface area contributed by atoms with Gasteiger partial charge in [0.15, 0.2) is 12.2 Å². The molecule has 2 heterocycles. The fourth-order valence-electron chi connectivity index (χ4n) is 4.27. The lowest BCUT2D eigenvalue weighted by Gasteiger charge is -2.38. The van der Waals surface area contributed by atoms with E-state index in [2.05, 4.69) is 20.6 Å². The summed E-state index contributed by atoms with van der Waals surface area (Å²) in [5.74, 6) is -0.299. The molecule has 1 fully saturated rings. The van der Waals surface area contributed by atoms with Crippen LogP contribution in [0.1, 0.15) is 37.7 Å². The van der Waals surface area contributed by atoms with Crippen molar-refractivity contribution < 1.29 is 18.7 Å². The summed E-state index contributed by atoms with van der Waals surface area (Å²) in [5, 5.41) is 5.71. The monoisotopic (exact) mass is 434 g/mol. The first kappa shape index (κ1) is 21.5. The zero-order valence-electron chi connectivity index (χ0n) is 18.0. The third kappa shape index (κ3) is 4.96. The minimum absolute atomic E-state index is 0.429. The number of benzene rings is 1. The second kappa shape index (κ2) is 9.64. The van der Waals surface area contributed by atoms with Crippen molar-refractivity contribution in [3.8, 4) is 17.1 Å². The normalized spacial score (nSPS) is 15.0. The Labute approximate surface area is 186 Å². The van der Waals surface area contributed by atoms with Crippen LogP contribution in [0.15, 0.2) is 59.7 Å². The van der Waals surface area contributed by atoms with Crippen LogP contribution in [0.4, 0.5) is 5.69 Å². The first-order chi connectivity index (χ1) is 15.6. The van der Waals surface area contributed by atoms with Gasteiger partial charge in [0.1, 0.15) is 5.75 Å². The Bertz CT molecular complexity index is 1060. The van der Waals surface area contributed by atoms with Crippen LogP contribution >= 0.6 is 0 Å². The number of anilines is 1. The summed E-state index contributed by atoms with van der Waals surface area (Å²) in [6.07, 6.45) is 11.9. The van der Waals surface area contributed by atoms with E-state index >= 15 is 0 Å². The number of hydrogen-bond donors (Lipinski definition) is 2. The molecule has 2 N–H and O–H groups in total. The molecule has 1 aliphatic carbocycles. The molecule has 0 atom stereocenters. The molecule has 1 saturated carbocycles. The van der Waals surface area contributed by atoms with Gasteiger partial charge in [0.2, 0.25) is 0 Å². The molecule has 8 heteroatoms. The summed E-state index contributed by atoms with van der Waals surface area (Å²) < 4.78 is 10.7. The van der Waals surface area contributed by atoms with Crippen molar-refractivity contribution in [2.45, 2.75) is 44.1 Å². The molecule has 0 radical (unpaired) electrons. The van der Waals surface area contributed by atoms with Crippen LogP contribution in [-0.2, 0) is 16.0 Å². The Balaban J connectivity index is 1.46. The minimum atomic E-state index is -0.709. The predicted molar refractivity (Wildman–Crippen MR) is 119 cm³/mol. The first-order valence-corrected chi connectivity index (χ1v) is 10.7. The average Bonchev–Trinajstić information content (AvgIpc) is 3.35. The molecule has 2 aromatic heterocycles. The summed E-state index contributed by atoms with van der Waals surface area (Å²) in [4.78, 5) is 33.5. The van der Waals surface area contributed by atoms with Crippen LogP contribution in [0.3, 0.4) is 0 Å².